The van der Waals surface area contributed by atoms with Crippen LogP contribution in [0.3, 0.4) is 0 Å². The minimum atomic E-state index is -3.72. The zero-order chi connectivity index (χ0) is 18.7. The van der Waals surface area contributed by atoms with Gasteiger partial charge in [-0.2, -0.15) is 4.31 Å². The fourth-order valence-corrected chi connectivity index (χ4v) is 4.47. The predicted molar refractivity (Wildman–Crippen MR) is 97.6 cm³/mol. The summed E-state index contributed by atoms with van der Waals surface area (Å²) in [5, 5.41) is 2.66. The van der Waals surface area contributed by atoms with E-state index in [1.807, 2.05) is 0 Å². The van der Waals surface area contributed by atoms with Crippen LogP contribution in [0.5, 0.6) is 5.75 Å². The number of benzene rings is 1. The number of nitrogens with one attached hydrogen (secondary N) is 1. The molecule has 0 unspecified atom stereocenters. The van der Waals surface area contributed by atoms with E-state index < -0.39 is 15.9 Å². The Labute approximate surface area is 152 Å². The molecule has 1 aromatic carbocycles. The van der Waals surface area contributed by atoms with E-state index in [0.717, 1.165) is 12.8 Å². The Bertz CT molecular complexity index is 907. The number of hydrogen-bond donors (Lipinski definition) is 2. The lowest BCUT2D eigenvalue weighted by Gasteiger charge is -2.18. The molecule has 0 saturated carbocycles. The Morgan fingerprint density at radius 1 is 1.23 bits per heavy atom. The standard InChI is InChI=1S/C17H20N4O4S/c1-25-14-6-4-12(17(22)20-13-5-7-16(18)19-11-13)10-15(14)26(23,24)21-8-2-3-9-21/h4-7,10-11H,2-3,8-9H2,1H3,(H2,18,19)(H,20,22). The number of nitrogens with two attached hydrogens (primary N) is 1. The van der Waals surface area contributed by atoms with Crippen LogP contribution in [0, 0.1) is 0 Å². The Morgan fingerprint density at radius 2 is 1.96 bits per heavy atom. The summed E-state index contributed by atoms with van der Waals surface area (Å²) < 4.78 is 32.4. The SMILES string of the molecule is COc1ccc(C(=O)Nc2ccc(N)nc2)cc1S(=O)(=O)N1CCCC1. The van der Waals surface area contributed by atoms with Gasteiger partial charge < -0.3 is 15.8 Å². The summed E-state index contributed by atoms with van der Waals surface area (Å²) in [5.41, 5.74) is 6.19. The smallest absolute Gasteiger partial charge is 0.255 e. The highest BCUT2D eigenvalue weighted by Crippen LogP contribution is 2.30. The molecule has 3 rings (SSSR count). The highest BCUT2D eigenvalue weighted by Gasteiger charge is 2.30. The first-order chi connectivity index (χ1) is 12.4. The van der Waals surface area contributed by atoms with Gasteiger partial charge in [-0.05, 0) is 43.2 Å². The predicted octanol–water partition coefficient (Wildman–Crippen LogP) is 1.71. The van der Waals surface area contributed by atoms with Gasteiger partial charge in [-0.3, -0.25) is 4.79 Å². The number of aromatic nitrogens is 1. The van der Waals surface area contributed by atoms with Crippen LogP contribution in [0.1, 0.15) is 23.2 Å². The summed E-state index contributed by atoms with van der Waals surface area (Å²) in [7, 11) is -2.32. The summed E-state index contributed by atoms with van der Waals surface area (Å²) in [5.74, 6) is 0.103. The number of carbonyl (C=O) groups excluding carboxylic acids is 1. The second kappa shape index (κ2) is 7.30. The zero-order valence-corrected chi connectivity index (χ0v) is 15.1. The molecule has 0 spiro atoms. The molecule has 0 radical (unpaired) electrons. The van der Waals surface area contributed by atoms with Gasteiger partial charge in [-0.1, -0.05) is 0 Å². The number of hydrogen-bond acceptors (Lipinski definition) is 6. The lowest BCUT2D eigenvalue weighted by Crippen LogP contribution is -2.28. The molecule has 9 heteroatoms. The van der Waals surface area contributed by atoms with E-state index in [2.05, 4.69) is 10.3 Å². The van der Waals surface area contributed by atoms with Crippen molar-refractivity contribution in [2.24, 2.45) is 0 Å². The average Bonchev–Trinajstić information content (AvgIpc) is 3.18. The van der Waals surface area contributed by atoms with E-state index >= 15 is 0 Å². The molecule has 0 atom stereocenters. The third-order valence-electron chi connectivity index (χ3n) is 4.15. The van der Waals surface area contributed by atoms with Gasteiger partial charge in [0.2, 0.25) is 10.0 Å². The minimum Gasteiger partial charge on any atom is -0.495 e. The fourth-order valence-electron chi connectivity index (χ4n) is 2.77. The third kappa shape index (κ3) is 3.63. The van der Waals surface area contributed by atoms with Gasteiger partial charge in [0.15, 0.2) is 0 Å². The Balaban J connectivity index is 1.91. The number of ether oxygens (including phenoxy) is 1. The summed E-state index contributed by atoms with van der Waals surface area (Å²) in [6.45, 7) is 0.942. The highest BCUT2D eigenvalue weighted by molar-refractivity contribution is 7.89. The second-order valence-corrected chi connectivity index (χ2v) is 7.81. The maximum atomic E-state index is 12.9. The van der Waals surface area contributed by atoms with Crippen molar-refractivity contribution in [1.82, 2.24) is 9.29 Å². The fraction of sp³-hybridized carbons (Fsp3) is 0.294. The van der Waals surface area contributed by atoms with Crippen LogP contribution in [0.4, 0.5) is 11.5 Å². The Morgan fingerprint density at radius 3 is 2.58 bits per heavy atom. The first-order valence-electron chi connectivity index (χ1n) is 8.13. The molecule has 1 aliphatic rings. The molecule has 1 saturated heterocycles. The van der Waals surface area contributed by atoms with Crippen LogP contribution in [-0.4, -0.2) is 43.8 Å². The van der Waals surface area contributed by atoms with E-state index in [1.54, 1.807) is 12.1 Å². The number of pyridine rings is 1. The van der Waals surface area contributed by atoms with Crippen LogP contribution in [0.25, 0.3) is 0 Å². The van der Waals surface area contributed by atoms with Crippen LogP contribution in [0.15, 0.2) is 41.4 Å². The Kier molecular flexibility index (Phi) is 5.10. The monoisotopic (exact) mass is 376 g/mol. The topological polar surface area (TPSA) is 115 Å². The molecule has 26 heavy (non-hydrogen) atoms. The molecule has 3 N–H and O–H groups in total. The average molecular weight is 376 g/mol. The van der Waals surface area contributed by atoms with Crippen molar-refractivity contribution in [2.45, 2.75) is 17.7 Å². The van der Waals surface area contributed by atoms with Gasteiger partial charge in [-0.25, -0.2) is 13.4 Å². The van der Waals surface area contributed by atoms with E-state index in [-0.39, 0.29) is 16.2 Å². The van der Waals surface area contributed by atoms with Crippen molar-refractivity contribution in [3.05, 3.63) is 42.1 Å². The van der Waals surface area contributed by atoms with Gasteiger partial charge >= 0.3 is 0 Å². The number of amides is 1. The van der Waals surface area contributed by atoms with E-state index in [9.17, 15) is 13.2 Å². The van der Waals surface area contributed by atoms with Crippen LogP contribution >= 0.6 is 0 Å². The molecule has 2 heterocycles. The normalized spacial score (nSPS) is 15.0. The largest absolute Gasteiger partial charge is 0.495 e. The molecule has 1 fully saturated rings. The van der Waals surface area contributed by atoms with Gasteiger partial charge in [-0.15, -0.1) is 0 Å². The van der Waals surface area contributed by atoms with Crippen molar-refractivity contribution in [3.8, 4) is 5.75 Å². The van der Waals surface area contributed by atoms with Gasteiger partial charge in [0.1, 0.15) is 16.5 Å². The van der Waals surface area contributed by atoms with Crippen molar-refractivity contribution in [2.75, 3.05) is 31.2 Å². The molecule has 8 nitrogen and oxygen atoms in total. The van der Waals surface area contributed by atoms with Crippen LogP contribution in [-0.2, 0) is 10.0 Å². The molecule has 1 aromatic heterocycles. The molecule has 1 aliphatic heterocycles. The summed E-state index contributed by atoms with van der Waals surface area (Å²) in [6, 6.07) is 7.52. The minimum absolute atomic E-state index is 0.00928. The van der Waals surface area contributed by atoms with Gasteiger partial charge in [0.25, 0.3) is 5.91 Å². The summed E-state index contributed by atoms with van der Waals surface area (Å²) in [4.78, 5) is 16.4. The van der Waals surface area contributed by atoms with Gasteiger partial charge in [0.05, 0.1) is 19.0 Å². The number of nitrogens with zero attached hydrogens (tertiary/aromatic N) is 2. The molecule has 0 bridgehead atoms. The van der Waals surface area contributed by atoms with Crippen LogP contribution in [0.2, 0.25) is 0 Å². The summed E-state index contributed by atoms with van der Waals surface area (Å²) in [6.07, 6.45) is 3.08. The third-order valence-corrected chi connectivity index (χ3v) is 6.07. The first-order valence-corrected chi connectivity index (χ1v) is 9.57. The molecule has 138 valence electrons. The lowest BCUT2D eigenvalue weighted by molar-refractivity contribution is 0.102. The molecule has 2 aromatic rings. The van der Waals surface area contributed by atoms with Crippen LogP contribution < -0.4 is 15.8 Å². The van der Waals surface area contributed by atoms with Crippen molar-refractivity contribution >= 4 is 27.4 Å². The second-order valence-electron chi connectivity index (χ2n) is 5.90. The molecular formula is C17H20N4O4S. The molecular weight excluding hydrogens is 356 g/mol. The van der Waals surface area contributed by atoms with Crippen molar-refractivity contribution in [1.29, 1.82) is 0 Å². The number of nitrogen functional groups attached to an aromatic ring is 1. The zero-order valence-electron chi connectivity index (χ0n) is 14.3. The maximum absolute atomic E-state index is 12.9. The van der Waals surface area contributed by atoms with Crippen molar-refractivity contribution in [3.63, 3.8) is 0 Å². The van der Waals surface area contributed by atoms with Gasteiger partial charge in [0, 0.05) is 18.7 Å². The highest BCUT2D eigenvalue weighted by atomic mass is 32.2. The summed E-state index contributed by atoms with van der Waals surface area (Å²) >= 11 is 0. The molecule has 1 amide bonds. The number of sulfonamides is 1. The van der Waals surface area contributed by atoms with E-state index in [0.29, 0.717) is 24.6 Å². The maximum Gasteiger partial charge on any atom is 0.255 e. The number of rotatable bonds is 5. The Hall–Kier alpha value is -2.65. The first kappa shape index (κ1) is 18.2. The van der Waals surface area contributed by atoms with E-state index in [4.69, 9.17) is 10.5 Å². The lowest BCUT2D eigenvalue weighted by atomic mass is 10.2. The number of carbonyl (C=O) groups is 1. The number of methoxy groups -OCH3 is 1. The van der Waals surface area contributed by atoms with E-state index in [1.165, 1.54) is 35.8 Å². The molecule has 0 aliphatic carbocycles. The quantitative estimate of drug-likeness (QED) is 0.821. The van der Waals surface area contributed by atoms with Crippen molar-refractivity contribution < 1.29 is 17.9 Å². The number of anilines is 2.